The third kappa shape index (κ3) is 7.40. The Morgan fingerprint density at radius 2 is 0.890 bits per heavy atom. The molecule has 0 aliphatic rings. The molecule has 6 N–H and O–H groups in total. The molecule has 0 bridgehead atoms. The molecular formula is C67H48N4S2. The van der Waals surface area contributed by atoms with Gasteiger partial charge in [0, 0.05) is 63.1 Å². The number of thiophene rings is 2. The number of nitrogens with two attached hydrogens (primary N) is 3. The molecule has 12 aromatic carbocycles. The highest BCUT2D eigenvalue weighted by atomic mass is 32.1. The first-order valence-electron chi connectivity index (χ1n) is 24.9. The average Bonchev–Trinajstić information content (AvgIpc) is 3.99. The molecule has 0 radical (unpaired) electrons. The smallest absolute Gasteiger partial charge is 0.0692 e. The molecule has 73 heavy (non-hydrogen) atoms. The molecule has 2 heterocycles. The molecule has 0 saturated heterocycles. The number of anilines is 6. The second-order valence-corrected chi connectivity index (χ2v) is 21.7. The average molecular weight is 973 g/mol. The van der Waals surface area contributed by atoms with Gasteiger partial charge < -0.3 is 22.1 Å². The summed E-state index contributed by atoms with van der Waals surface area (Å²) in [6, 6.07) is 81.8. The summed E-state index contributed by atoms with van der Waals surface area (Å²) in [4.78, 5) is 2.24. The molecule has 2 aromatic heterocycles. The Bertz CT molecular complexity index is 4430. The van der Waals surface area contributed by atoms with Gasteiger partial charge in [0.05, 0.1) is 11.4 Å². The van der Waals surface area contributed by atoms with Gasteiger partial charge in [-0.2, -0.15) is 0 Å². The largest absolute Gasteiger partial charge is 0.399 e. The van der Waals surface area contributed by atoms with Gasteiger partial charge in [-0.15, -0.1) is 22.7 Å². The number of nitrogen functional groups attached to an aromatic ring is 3. The van der Waals surface area contributed by atoms with E-state index in [1.165, 1.54) is 106 Å². The van der Waals surface area contributed by atoms with Gasteiger partial charge in [-0.05, 0) is 169 Å². The number of hydrogen-bond donors (Lipinski definition) is 3. The Morgan fingerprint density at radius 3 is 1.53 bits per heavy atom. The standard InChI is InChI=1S/C67H48N4S2/c68-47-24-32-61(60(70)38-47)71(49-27-34-65-58(39-49)54-9-3-6-12-63(54)73-65)48-25-18-43(19-26-48)51-29-21-45-22-30-55-50(28-20-44-23-31-56(51)67(45)66(44)55)42-16-13-40(14-17-42)35-46(52-7-1-4-10-59(52)69)36-41-15-33-64-57(37-41)53-8-2-5-11-62(53)72-64/h1-34,37-39,46H,35-36,68-70H2. The molecule has 1 atom stereocenters. The van der Waals surface area contributed by atoms with Crippen molar-refractivity contribution in [1.29, 1.82) is 0 Å². The fourth-order valence-electron chi connectivity index (χ4n) is 11.6. The van der Waals surface area contributed by atoms with Gasteiger partial charge in [0.2, 0.25) is 0 Å². The van der Waals surface area contributed by atoms with Crippen molar-refractivity contribution in [3.63, 3.8) is 0 Å². The quantitative estimate of drug-likeness (QED) is 0.0942. The monoisotopic (exact) mass is 972 g/mol. The summed E-state index contributed by atoms with van der Waals surface area (Å²) in [6.45, 7) is 0. The minimum Gasteiger partial charge on any atom is -0.399 e. The number of hydrogen-bond acceptors (Lipinski definition) is 6. The number of para-hydroxylation sites is 1. The summed E-state index contributed by atoms with van der Waals surface area (Å²) in [5, 5.41) is 12.7. The maximum atomic E-state index is 6.75. The summed E-state index contributed by atoms with van der Waals surface area (Å²) in [5.41, 5.74) is 33.4. The lowest BCUT2D eigenvalue weighted by molar-refractivity contribution is 0.682. The topological polar surface area (TPSA) is 81.3 Å². The van der Waals surface area contributed by atoms with Crippen LogP contribution in [0, 0.1) is 0 Å². The number of rotatable bonds is 10. The van der Waals surface area contributed by atoms with Crippen LogP contribution in [0.4, 0.5) is 34.1 Å². The molecule has 14 rings (SSSR count). The van der Waals surface area contributed by atoms with E-state index in [1.54, 1.807) is 0 Å². The summed E-state index contributed by atoms with van der Waals surface area (Å²) >= 11 is 3.69. The van der Waals surface area contributed by atoms with E-state index in [2.05, 4.69) is 199 Å². The van der Waals surface area contributed by atoms with Gasteiger partial charge in [-0.25, -0.2) is 0 Å². The fraction of sp³-hybridized carbons (Fsp3) is 0.0448. The molecule has 0 spiro atoms. The summed E-state index contributed by atoms with van der Waals surface area (Å²) in [7, 11) is 0. The molecular weight excluding hydrogens is 925 g/mol. The van der Waals surface area contributed by atoms with Crippen LogP contribution < -0.4 is 22.1 Å². The van der Waals surface area contributed by atoms with Crippen LogP contribution in [0.25, 0.3) is 94.9 Å². The molecule has 348 valence electrons. The van der Waals surface area contributed by atoms with Crippen LogP contribution in [0.3, 0.4) is 0 Å². The van der Waals surface area contributed by atoms with E-state index in [0.717, 1.165) is 41.2 Å². The molecule has 0 saturated carbocycles. The van der Waals surface area contributed by atoms with E-state index in [9.17, 15) is 0 Å². The Kier molecular flexibility index (Phi) is 10.2. The number of fused-ring (bicyclic) bond motifs is 6. The van der Waals surface area contributed by atoms with Crippen LogP contribution in [0.2, 0.25) is 0 Å². The third-order valence-corrected chi connectivity index (χ3v) is 17.4. The van der Waals surface area contributed by atoms with Crippen LogP contribution in [0.5, 0.6) is 0 Å². The van der Waals surface area contributed by atoms with E-state index in [0.29, 0.717) is 11.4 Å². The molecule has 0 aliphatic carbocycles. The Morgan fingerprint density at radius 1 is 0.370 bits per heavy atom. The summed E-state index contributed by atoms with van der Waals surface area (Å²) < 4.78 is 5.20. The zero-order chi connectivity index (χ0) is 48.7. The highest BCUT2D eigenvalue weighted by Gasteiger charge is 2.21. The third-order valence-electron chi connectivity index (χ3n) is 15.1. The van der Waals surface area contributed by atoms with Crippen molar-refractivity contribution >= 4 is 129 Å². The van der Waals surface area contributed by atoms with Gasteiger partial charge in [0.15, 0.2) is 0 Å². The van der Waals surface area contributed by atoms with Crippen LogP contribution in [-0.4, -0.2) is 0 Å². The second kappa shape index (κ2) is 17.3. The summed E-state index contributed by atoms with van der Waals surface area (Å²) in [5.74, 6) is 0.221. The summed E-state index contributed by atoms with van der Waals surface area (Å²) in [6.07, 6.45) is 1.79. The highest BCUT2D eigenvalue weighted by Crippen LogP contribution is 2.46. The van der Waals surface area contributed by atoms with Crippen molar-refractivity contribution in [2.45, 2.75) is 18.8 Å². The van der Waals surface area contributed by atoms with Gasteiger partial charge in [0.1, 0.15) is 0 Å². The van der Waals surface area contributed by atoms with E-state index < -0.39 is 0 Å². The fourth-order valence-corrected chi connectivity index (χ4v) is 13.8. The Labute approximate surface area is 431 Å². The van der Waals surface area contributed by atoms with E-state index in [1.807, 2.05) is 53.0 Å². The van der Waals surface area contributed by atoms with Crippen molar-refractivity contribution in [2.75, 3.05) is 22.1 Å². The number of benzene rings is 12. The zero-order valence-corrected chi connectivity index (χ0v) is 41.5. The Balaban J connectivity index is 0.798. The highest BCUT2D eigenvalue weighted by molar-refractivity contribution is 7.26. The predicted molar refractivity (Wildman–Crippen MR) is 318 cm³/mol. The number of nitrogens with zero attached hydrogens (tertiary/aromatic N) is 1. The molecule has 0 fully saturated rings. The van der Waals surface area contributed by atoms with E-state index in [-0.39, 0.29) is 5.92 Å². The first-order chi connectivity index (χ1) is 35.9. The van der Waals surface area contributed by atoms with Crippen LogP contribution >= 0.6 is 22.7 Å². The van der Waals surface area contributed by atoms with Crippen molar-refractivity contribution in [3.05, 3.63) is 241 Å². The van der Waals surface area contributed by atoms with Crippen LogP contribution in [-0.2, 0) is 12.8 Å². The lowest BCUT2D eigenvalue weighted by Gasteiger charge is -2.27. The van der Waals surface area contributed by atoms with Crippen molar-refractivity contribution < 1.29 is 0 Å². The van der Waals surface area contributed by atoms with Gasteiger partial charge in [0.25, 0.3) is 0 Å². The first-order valence-corrected chi connectivity index (χ1v) is 26.5. The minimum atomic E-state index is 0.221. The van der Waals surface area contributed by atoms with Gasteiger partial charge >= 0.3 is 0 Å². The normalized spacial score (nSPS) is 12.3. The Hall–Kier alpha value is -8.68. The molecule has 1 unspecified atom stereocenters. The van der Waals surface area contributed by atoms with Gasteiger partial charge in [-0.3, -0.25) is 0 Å². The second-order valence-electron chi connectivity index (χ2n) is 19.5. The van der Waals surface area contributed by atoms with Crippen molar-refractivity contribution in [3.8, 4) is 22.3 Å². The predicted octanol–water partition coefficient (Wildman–Crippen LogP) is 18.4. The molecule has 4 nitrogen and oxygen atoms in total. The maximum absolute atomic E-state index is 6.75. The first kappa shape index (κ1) is 43.1. The van der Waals surface area contributed by atoms with Gasteiger partial charge in [-0.1, -0.05) is 146 Å². The van der Waals surface area contributed by atoms with Crippen LogP contribution in [0.1, 0.15) is 22.6 Å². The van der Waals surface area contributed by atoms with Crippen molar-refractivity contribution in [1.82, 2.24) is 0 Å². The SMILES string of the molecule is Nc1ccc(N(c2ccc(-c3ccc4ccc5c(-c6ccc(CC(Cc7ccc8sc9ccccc9c8c7)c7ccccc7N)cc6)ccc6ccc3c4c65)cc2)c2ccc3sc4ccccc4c3c2)c(N)c1. The van der Waals surface area contributed by atoms with E-state index in [4.69, 9.17) is 17.2 Å². The molecule has 14 aromatic rings. The molecule has 0 aliphatic heterocycles. The lowest BCUT2D eigenvalue weighted by atomic mass is 9.85. The molecule has 6 heteroatoms. The molecule has 0 amide bonds. The lowest BCUT2D eigenvalue weighted by Crippen LogP contribution is -2.12. The minimum absolute atomic E-state index is 0.221. The zero-order valence-electron chi connectivity index (χ0n) is 39.8. The van der Waals surface area contributed by atoms with Crippen molar-refractivity contribution in [2.24, 2.45) is 0 Å². The van der Waals surface area contributed by atoms with Crippen LogP contribution in [0.15, 0.2) is 224 Å². The maximum Gasteiger partial charge on any atom is 0.0692 e. The van der Waals surface area contributed by atoms with E-state index >= 15 is 0 Å².